The van der Waals surface area contributed by atoms with Gasteiger partial charge in [-0.15, -0.1) is 0 Å². The maximum absolute atomic E-state index is 13.1. The van der Waals surface area contributed by atoms with E-state index in [1.54, 1.807) is 25.1 Å². The Labute approximate surface area is 119 Å². The maximum atomic E-state index is 13.1. The lowest BCUT2D eigenvalue weighted by molar-refractivity contribution is 0.1000. The summed E-state index contributed by atoms with van der Waals surface area (Å²) in [7, 11) is 0. The molecule has 0 spiro atoms. The van der Waals surface area contributed by atoms with E-state index in [1.807, 2.05) is 0 Å². The van der Waals surface area contributed by atoms with E-state index < -0.39 is 23.4 Å². The van der Waals surface area contributed by atoms with E-state index in [9.17, 15) is 18.0 Å². The minimum absolute atomic E-state index is 0.116. The van der Waals surface area contributed by atoms with Gasteiger partial charge in [0, 0.05) is 17.8 Å². The summed E-state index contributed by atoms with van der Waals surface area (Å²) in [6, 6.07) is 6.66. The molecule has 0 aromatic heterocycles. The minimum atomic E-state index is -1.49. The zero-order chi connectivity index (χ0) is 15.6. The van der Waals surface area contributed by atoms with Crippen LogP contribution in [0, 0.1) is 24.4 Å². The number of hydrogen-bond donors (Lipinski definition) is 2. The third-order valence-electron chi connectivity index (χ3n) is 3.04. The van der Waals surface area contributed by atoms with Gasteiger partial charge in [0.25, 0.3) is 0 Å². The second kappa shape index (κ2) is 5.87. The number of amides is 1. The van der Waals surface area contributed by atoms with Gasteiger partial charge in [-0.05, 0) is 48.4 Å². The molecule has 0 atom stereocenters. The number of halogens is 3. The Morgan fingerprint density at radius 1 is 1.14 bits per heavy atom. The quantitative estimate of drug-likeness (QED) is 0.851. The molecule has 0 heterocycles. The molecule has 6 heteroatoms. The first kappa shape index (κ1) is 14.9. The molecule has 3 N–H and O–H groups in total. The molecule has 0 aliphatic heterocycles. The molecular formula is C15H13F3N2O. The molecule has 0 radical (unpaired) electrons. The molecule has 0 fully saturated rings. The predicted octanol–water partition coefficient (Wildman–Crippen LogP) is 3.12. The van der Waals surface area contributed by atoms with Gasteiger partial charge >= 0.3 is 0 Å². The van der Waals surface area contributed by atoms with Crippen LogP contribution in [0.25, 0.3) is 0 Å². The van der Waals surface area contributed by atoms with Crippen LogP contribution in [0.4, 0.5) is 18.9 Å². The Kier molecular flexibility index (Phi) is 4.16. The lowest BCUT2D eigenvalue weighted by atomic mass is 10.1. The topological polar surface area (TPSA) is 55.1 Å². The Morgan fingerprint density at radius 2 is 1.76 bits per heavy atom. The lowest BCUT2D eigenvalue weighted by Gasteiger charge is -2.11. The van der Waals surface area contributed by atoms with Gasteiger partial charge in [0.15, 0.2) is 17.5 Å². The van der Waals surface area contributed by atoms with Crippen molar-refractivity contribution in [3.63, 3.8) is 0 Å². The van der Waals surface area contributed by atoms with Gasteiger partial charge in [-0.1, -0.05) is 0 Å². The first-order valence-corrected chi connectivity index (χ1v) is 6.16. The van der Waals surface area contributed by atoms with Crippen molar-refractivity contribution in [3.05, 3.63) is 64.5 Å². The maximum Gasteiger partial charge on any atom is 0.248 e. The summed E-state index contributed by atoms with van der Waals surface area (Å²) in [6.45, 7) is 1.88. The standard InChI is InChI=1S/C15H13F3N2O/c1-8-4-10(15(19)21)2-3-13(8)20-7-9-5-11(16)14(18)12(17)6-9/h2-6,20H,7H2,1H3,(H2,19,21). The van der Waals surface area contributed by atoms with E-state index >= 15 is 0 Å². The fourth-order valence-corrected chi connectivity index (χ4v) is 1.92. The average molecular weight is 294 g/mol. The number of aryl methyl sites for hydroxylation is 1. The van der Waals surface area contributed by atoms with Crippen LogP contribution < -0.4 is 11.1 Å². The van der Waals surface area contributed by atoms with Gasteiger partial charge in [-0.25, -0.2) is 13.2 Å². The Balaban J connectivity index is 2.15. The number of benzene rings is 2. The van der Waals surface area contributed by atoms with Gasteiger partial charge in [-0.3, -0.25) is 4.79 Å². The average Bonchev–Trinajstić information content (AvgIpc) is 2.43. The first-order valence-electron chi connectivity index (χ1n) is 6.16. The second-order valence-electron chi connectivity index (χ2n) is 4.62. The molecule has 1 amide bonds. The minimum Gasteiger partial charge on any atom is -0.381 e. The van der Waals surface area contributed by atoms with Gasteiger partial charge in [0.2, 0.25) is 5.91 Å². The fourth-order valence-electron chi connectivity index (χ4n) is 1.92. The highest BCUT2D eigenvalue weighted by Crippen LogP contribution is 2.19. The number of rotatable bonds is 4. The molecule has 3 nitrogen and oxygen atoms in total. The van der Waals surface area contributed by atoms with Gasteiger partial charge in [0.05, 0.1) is 0 Å². The molecule has 2 aromatic rings. The third kappa shape index (κ3) is 3.34. The van der Waals surface area contributed by atoms with Crippen molar-refractivity contribution in [1.82, 2.24) is 0 Å². The van der Waals surface area contributed by atoms with E-state index in [1.165, 1.54) is 0 Å². The molecule has 0 saturated heterocycles. The van der Waals surface area contributed by atoms with Gasteiger partial charge in [0.1, 0.15) is 0 Å². The summed E-state index contributed by atoms with van der Waals surface area (Å²) in [5.74, 6) is -4.48. The van der Waals surface area contributed by atoms with Crippen LogP contribution in [0.5, 0.6) is 0 Å². The molecule has 110 valence electrons. The first-order chi connectivity index (χ1) is 9.88. The summed E-state index contributed by atoms with van der Waals surface area (Å²) in [4.78, 5) is 11.0. The highest BCUT2D eigenvalue weighted by Gasteiger charge is 2.10. The van der Waals surface area contributed by atoms with E-state index in [0.717, 1.165) is 17.7 Å². The highest BCUT2D eigenvalue weighted by atomic mass is 19.2. The summed E-state index contributed by atoms with van der Waals surface area (Å²) in [5.41, 5.74) is 7.25. The SMILES string of the molecule is Cc1cc(C(N)=O)ccc1NCc1cc(F)c(F)c(F)c1. The molecule has 2 aromatic carbocycles. The largest absolute Gasteiger partial charge is 0.381 e. The predicted molar refractivity (Wildman–Crippen MR) is 73.3 cm³/mol. The van der Waals surface area contributed by atoms with Crippen LogP contribution in [-0.4, -0.2) is 5.91 Å². The van der Waals surface area contributed by atoms with Crippen molar-refractivity contribution in [1.29, 1.82) is 0 Å². The summed E-state index contributed by atoms with van der Waals surface area (Å²) < 4.78 is 39.0. The number of carbonyl (C=O) groups is 1. The molecule has 0 unspecified atom stereocenters. The number of nitrogens with one attached hydrogen (secondary N) is 1. The molecule has 2 rings (SSSR count). The Hall–Kier alpha value is -2.50. The van der Waals surface area contributed by atoms with Crippen LogP contribution in [0.2, 0.25) is 0 Å². The van der Waals surface area contributed by atoms with E-state index in [-0.39, 0.29) is 12.1 Å². The molecular weight excluding hydrogens is 281 g/mol. The smallest absolute Gasteiger partial charge is 0.248 e. The number of hydrogen-bond acceptors (Lipinski definition) is 2. The van der Waals surface area contributed by atoms with E-state index in [4.69, 9.17) is 5.73 Å². The van der Waals surface area contributed by atoms with Crippen molar-refractivity contribution in [2.45, 2.75) is 13.5 Å². The molecule has 21 heavy (non-hydrogen) atoms. The normalized spacial score (nSPS) is 10.5. The fraction of sp³-hybridized carbons (Fsp3) is 0.133. The van der Waals surface area contributed by atoms with Crippen LogP contribution in [0.15, 0.2) is 30.3 Å². The number of primary amides is 1. The van der Waals surface area contributed by atoms with Gasteiger partial charge < -0.3 is 11.1 Å². The van der Waals surface area contributed by atoms with Crippen molar-refractivity contribution >= 4 is 11.6 Å². The second-order valence-corrected chi connectivity index (χ2v) is 4.62. The van der Waals surface area contributed by atoms with Crippen LogP contribution in [0.1, 0.15) is 21.5 Å². The Bertz CT molecular complexity index is 678. The summed E-state index contributed by atoms with van der Waals surface area (Å²) in [5, 5.41) is 2.96. The lowest BCUT2D eigenvalue weighted by Crippen LogP contribution is -2.11. The number of carbonyl (C=O) groups excluding carboxylic acids is 1. The van der Waals surface area contributed by atoms with Crippen molar-refractivity contribution < 1.29 is 18.0 Å². The monoisotopic (exact) mass is 294 g/mol. The summed E-state index contributed by atoms with van der Waals surface area (Å²) >= 11 is 0. The number of nitrogens with two attached hydrogens (primary N) is 1. The van der Waals surface area contributed by atoms with Crippen molar-refractivity contribution in [2.24, 2.45) is 5.73 Å². The van der Waals surface area contributed by atoms with Crippen LogP contribution >= 0.6 is 0 Å². The number of anilines is 1. The van der Waals surface area contributed by atoms with E-state index in [0.29, 0.717) is 11.3 Å². The molecule has 0 aliphatic carbocycles. The molecule has 0 aliphatic rings. The summed E-state index contributed by atoms with van der Waals surface area (Å²) in [6.07, 6.45) is 0. The van der Waals surface area contributed by atoms with Crippen molar-refractivity contribution in [3.8, 4) is 0 Å². The zero-order valence-corrected chi connectivity index (χ0v) is 11.2. The van der Waals surface area contributed by atoms with Crippen LogP contribution in [-0.2, 0) is 6.54 Å². The third-order valence-corrected chi connectivity index (χ3v) is 3.04. The zero-order valence-electron chi connectivity index (χ0n) is 11.2. The van der Waals surface area contributed by atoms with Gasteiger partial charge in [-0.2, -0.15) is 0 Å². The molecule has 0 bridgehead atoms. The van der Waals surface area contributed by atoms with E-state index in [2.05, 4.69) is 5.32 Å². The highest BCUT2D eigenvalue weighted by molar-refractivity contribution is 5.93. The molecule has 0 saturated carbocycles. The Morgan fingerprint density at radius 3 is 2.29 bits per heavy atom. The van der Waals surface area contributed by atoms with Crippen LogP contribution in [0.3, 0.4) is 0 Å². The van der Waals surface area contributed by atoms with Crippen molar-refractivity contribution in [2.75, 3.05) is 5.32 Å².